The molecule has 2 aromatic carbocycles. The molecule has 6 nitrogen and oxygen atoms in total. The molecule has 5 rings (SSSR count). The van der Waals surface area contributed by atoms with E-state index in [1.165, 1.54) is 5.56 Å². The molecule has 2 N–H and O–H groups in total. The number of carbonyl (C=O) groups excluding carboxylic acids is 1. The minimum absolute atomic E-state index is 0.171. The normalized spacial score (nSPS) is 22.4. The fourth-order valence-electron chi connectivity index (χ4n) is 4.96. The molecule has 1 fully saturated rings. The summed E-state index contributed by atoms with van der Waals surface area (Å²) in [4.78, 5) is 17.5. The van der Waals surface area contributed by atoms with Crippen molar-refractivity contribution in [2.24, 2.45) is 0 Å². The second-order valence-electron chi connectivity index (χ2n) is 9.59. The standard InChI is InChI=1S/C27H30ClN3O3/c1-27(2)22(16-24(34-27)25-21-15-20(28)7-8-23(21)29-26(25)33)19-5-3-18(4-6-19)17-31-11-9-30(10-12-31)13-14-32/h3-8,15-16,32H,9-14,17H2,1-2H3,(H,29,33). The number of amides is 1. The molecule has 1 amide bonds. The number of nitrogens with one attached hydrogen (secondary N) is 1. The number of aliphatic hydroxyl groups excluding tert-OH is 1. The molecule has 0 aliphatic carbocycles. The number of allylic oxidation sites excluding steroid dienone is 1. The van der Waals surface area contributed by atoms with Gasteiger partial charge in [0.05, 0.1) is 12.2 Å². The molecule has 178 valence electrons. The third kappa shape index (κ3) is 4.51. The van der Waals surface area contributed by atoms with Gasteiger partial charge in [0.1, 0.15) is 11.4 Å². The molecule has 0 radical (unpaired) electrons. The van der Waals surface area contributed by atoms with Gasteiger partial charge in [-0.15, -0.1) is 0 Å². The number of fused-ring (bicyclic) bond motifs is 1. The maximum Gasteiger partial charge on any atom is 0.260 e. The smallest absolute Gasteiger partial charge is 0.260 e. The zero-order valence-electron chi connectivity index (χ0n) is 19.6. The molecule has 0 unspecified atom stereocenters. The minimum Gasteiger partial charge on any atom is -0.482 e. The van der Waals surface area contributed by atoms with Gasteiger partial charge in [-0.2, -0.15) is 0 Å². The van der Waals surface area contributed by atoms with Crippen molar-refractivity contribution >= 4 is 34.3 Å². The molecule has 3 heterocycles. The second kappa shape index (κ2) is 9.19. The Bertz CT molecular complexity index is 1160. The van der Waals surface area contributed by atoms with E-state index in [2.05, 4.69) is 39.4 Å². The highest BCUT2D eigenvalue weighted by molar-refractivity contribution is 6.35. The van der Waals surface area contributed by atoms with Gasteiger partial charge in [0.2, 0.25) is 0 Å². The summed E-state index contributed by atoms with van der Waals surface area (Å²) in [5.41, 5.74) is 4.89. The highest BCUT2D eigenvalue weighted by Gasteiger charge is 2.38. The molecular weight excluding hydrogens is 450 g/mol. The first-order valence-electron chi connectivity index (χ1n) is 11.8. The van der Waals surface area contributed by atoms with Crippen molar-refractivity contribution in [1.82, 2.24) is 9.80 Å². The summed E-state index contributed by atoms with van der Waals surface area (Å²) in [6.07, 6.45) is 1.99. The van der Waals surface area contributed by atoms with Crippen molar-refractivity contribution in [3.63, 3.8) is 0 Å². The van der Waals surface area contributed by atoms with Gasteiger partial charge in [0, 0.05) is 61.1 Å². The SMILES string of the molecule is CC1(C)OC(=C2C(=O)Nc3ccc(Cl)cc32)C=C1c1ccc(CN2CCN(CCO)CC2)cc1. The zero-order valence-corrected chi connectivity index (χ0v) is 20.4. The van der Waals surface area contributed by atoms with E-state index in [-0.39, 0.29) is 12.5 Å². The molecule has 0 atom stereocenters. The average Bonchev–Trinajstić information content (AvgIpc) is 3.30. The molecule has 0 aromatic heterocycles. The van der Waals surface area contributed by atoms with Gasteiger partial charge < -0.3 is 15.2 Å². The van der Waals surface area contributed by atoms with Gasteiger partial charge in [0.15, 0.2) is 0 Å². The summed E-state index contributed by atoms with van der Waals surface area (Å²) < 4.78 is 6.30. The Hall–Kier alpha value is -2.64. The van der Waals surface area contributed by atoms with Gasteiger partial charge in [-0.25, -0.2) is 0 Å². The largest absolute Gasteiger partial charge is 0.482 e. The number of aliphatic hydroxyl groups is 1. The fourth-order valence-corrected chi connectivity index (χ4v) is 5.13. The van der Waals surface area contributed by atoms with Gasteiger partial charge in [-0.3, -0.25) is 14.6 Å². The van der Waals surface area contributed by atoms with Crippen LogP contribution in [0.25, 0.3) is 11.1 Å². The van der Waals surface area contributed by atoms with Crippen molar-refractivity contribution in [3.8, 4) is 0 Å². The molecule has 0 saturated carbocycles. The minimum atomic E-state index is -0.561. The first kappa shape index (κ1) is 23.1. The van der Waals surface area contributed by atoms with E-state index in [0.29, 0.717) is 16.4 Å². The molecule has 7 heteroatoms. The quantitative estimate of drug-likeness (QED) is 0.634. The number of halogens is 1. The molecule has 1 saturated heterocycles. The van der Waals surface area contributed by atoms with Crippen LogP contribution in [0, 0.1) is 0 Å². The lowest BCUT2D eigenvalue weighted by atomic mass is 9.91. The Morgan fingerprint density at radius 1 is 1.06 bits per heavy atom. The molecule has 3 aliphatic heterocycles. The fraction of sp³-hybridized carbons (Fsp3) is 0.370. The van der Waals surface area contributed by atoms with Crippen molar-refractivity contribution in [3.05, 3.63) is 76.0 Å². The van der Waals surface area contributed by atoms with Crippen molar-refractivity contribution in [2.45, 2.75) is 26.0 Å². The lowest BCUT2D eigenvalue weighted by Gasteiger charge is -2.34. The van der Waals surface area contributed by atoms with Crippen molar-refractivity contribution in [2.75, 3.05) is 44.6 Å². The van der Waals surface area contributed by atoms with Gasteiger partial charge in [-0.05, 0) is 49.2 Å². The number of hydrogen-bond acceptors (Lipinski definition) is 5. The molecule has 0 bridgehead atoms. The van der Waals surface area contributed by atoms with E-state index in [9.17, 15) is 4.79 Å². The number of benzene rings is 2. The van der Waals surface area contributed by atoms with E-state index < -0.39 is 5.60 Å². The number of piperazine rings is 1. The topological polar surface area (TPSA) is 65.0 Å². The Balaban J connectivity index is 1.36. The first-order chi connectivity index (χ1) is 16.3. The Labute approximate surface area is 205 Å². The van der Waals surface area contributed by atoms with E-state index in [0.717, 1.165) is 61.7 Å². The maximum atomic E-state index is 12.7. The van der Waals surface area contributed by atoms with Crippen molar-refractivity contribution in [1.29, 1.82) is 0 Å². The van der Waals surface area contributed by atoms with Crippen LogP contribution < -0.4 is 5.32 Å². The number of carbonyl (C=O) groups is 1. The molecule has 34 heavy (non-hydrogen) atoms. The third-order valence-corrected chi connectivity index (χ3v) is 7.05. The Kier molecular flexibility index (Phi) is 6.25. The van der Waals surface area contributed by atoms with Crippen molar-refractivity contribution < 1.29 is 14.6 Å². The number of ether oxygens (including phenoxy) is 1. The van der Waals surface area contributed by atoms with Gasteiger partial charge in [-0.1, -0.05) is 35.9 Å². The van der Waals surface area contributed by atoms with Crippen LogP contribution in [-0.4, -0.2) is 65.7 Å². The molecule has 0 spiro atoms. The van der Waals surface area contributed by atoms with Crippen LogP contribution in [0.1, 0.15) is 30.5 Å². The Morgan fingerprint density at radius 2 is 1.76 bits per heavy atom. The van der Waals surface area contributed by atoms with Crippen LogP contribution in [0.4, 0.5) is 5.69 Å². The number of β-amino-alcohol motifs (C(OH)–C–C–N with tert-alkyl or cyclic N) is 1. The van der Waals surface area contributed by atoms with E-state index >= 15 is 0 Å². The Morgan fingerprint density at radius 3 is 2.47 bits per heavy atom. The third-order valence-electron chi connectivity index (χ3n) is 6.81. The zero-order chi connectivity index (χ0) is 23.9. The summed E-state index contributed by atoms with van der Waals surface area (Å²) in [5.74, 6) is 0.401. The summed E-state index contributed by atoms with van der Waals surface area (Å²) in [6, 6.07) is 14.0. The van der Waals surface area contributed by atoms with E-state index in [1.54, 1.807) is 12.1 Å². The van der Waals surface area contributed by atoms with E-state index in [4.69, 9.17) is 21.4 Å². The number of hydrogen-bond donors (Lipinski definition) is 2. The molecular formula is C27H30ClN3O3. The van der Waals surface area contributed by atoms with Crippen LogP contribution in [0.3, 0.4) is 0 Å². The highest BCUT2D eigenvalue weighted by Crippen LogP contribution is 2.44. The highest BCUT2D eigenvalue weighted by atomic mass is 35.5. The average molecular weight is 480 g/mol. The lowest BCUT2D eigenvalue weighted by Crippen LogP contribution is -2.46. The lowest BCUT2D eigenvalue weighted by molar-refractivity contribution is -0.111. The predicted molar refractivity (Wildman–Crippen MR) is 135 cm³/mol. The van der Waals surface area contributed by atoms with Crippen LogP contribution in [-0.2, 0) is 16.1 Å². The summed E-state index contributed by atoms with van der Waals surface area (Å²) in [6.45, 7) is 9.97. The van der Waals surface area contributed by atoms with Gasteiger partial charge in [0.25, 0.3) is 5.91 Å². The first-order valence-corrected chi connectivity index (χ1v) is 12.1. The monoisotopic (exact) mass is 479 g/mol. The number of rotatable bonds is 5. The van der Waals surface area contributed by atoms with Crippen LogP contribution in [0.15, 0.2) is 54.3 Å². The second-order valence-corrected chi connectivity index (χ2v) is 10.0. The summed E-state index contributed by atoms with van der Waals surface area (Å²) >= 11 is 6.20. The maximum absolute atomic E-state index is 12.7. The molecule has 2 aromatic rings. The summed E-state index contributed by atoms with van der Waals surface area (Å²) in [7, 11) is 0. The van der Waals surface area contributed by atoms with Crippen LogP contribution in [0.2, 0.25) is 5.02 Å². The molecule has 3 aliphatic rings. The van der Waals surface area contributed by atoms with Crippen LogP contribution in [0.5, 0.6) is 0 Å². The van der Waals surface area contributed by atoms with Crippen LogP contribution >= 0.6 is 11.6 Å². The van der Waals surface area contributed by atoms with E-state index in [1.807, 2.05) is 26.0 Å². The van der Waals surface area contributed by atoms with Gasteiger partial charge >= 0.3 is 0 Å². The number of nitrogens with zero attached hydrogens (tertiary/aromatic N) is 2. The number of anilines is 1. The summed E-state index contributed by atoms with van der Waals surface area (Å²) in [5, 5.41) is 12.6. The predicted octanol–water partition coefficient (Wildman–Crippen LogP) is 4.01.